The van der Waals surface area contributed by atoms with E-state index in [1.165, 1.54) is 9.87 Å². The Morgan fingerprint density at radius 3 is 2.48 bits per heavy atom. The largest absolute Gasteiger partial charge is 0.268 e. The minimum Gasteiger partial charge on any atom is -0.268 e. The molecule has 6 heteroatoms. The third-order valence-corrected chi connectivity index (χ3v) is 7.23. The van der Waals surface area contributed by atoms with Crippen LogP contribution in [0.15, 0.2) is 59.5 Å². The fourth-order valence-electron chi connectivity index (χ4n) is 3.82. The number of benzene rings is 2. The van der Waals surface area contributed by atoms with Crippen LogP contribution in [0.25, 0.3) is 0 Å². The molecule has 0 atom stereocenters. The van der Waals surface area contributed by atoms with Crippen molar-refractivity contribution in [2.75, 3.05) is 10.8 Å². The third kappa shape index (κ3) is 3.14. The predicted molar refractivity (Wildman–Crippen MR) is 107 cm³/mol. The van der Waals surface area contributed by atoms with Crippen LogP contribution in [0.3, 0.4) is 0 Å². The van der Waals surface area contributed by atoms with Crippen molar-refractivity contribution in [1.29, 1.82) is 0 Å². The molecule has 1 aliphatic heterocycles. The highest BCUT2D eigenvalue weighted by atomic mass is 32.2. The lowest BCUT2D eigenvalue weighted by Gasteiger charge is -2.19. The standard InChI is InChI=1S/C21H23N3O2S/c1-16-21(17(2)23(22-16)14-12-18-8-4-3-5-9-18)27(25,26)24-15-13-19-10-6-7-11-20(19)24/h3-11H,12-15H2,1-2H3. The van der Waals surface area contributed by atoms with Gasteiger partial charge in [-0.1, -0.05) is 48.5 Å². The Balaban J connectivity index is 1.65. The molecule has 0 bridgehead atoms. The van der Waals surface area contributed by atoms with E-state index in [2.05, 4.69) is 17.2 Å². The summed E-state index contributed by atoms with van der Waals surface area (Å²) in [7, 11) is -3.63. The van der Waals surface area contributed by atoms with E-state index in [-0.39, 0.29) is 0 Å². The van der Waals surface area contributed by atoms with Crippen molar-refractivity contribution >= 4 is 15.7 Å². The Labute approximate surface area is 160 Å². The maximum atomic E-state index is 13.4. The molecule has 0 saturated heterocycles. The predicted octanol–water partition coefficient (Wildman–Crippen LogP) is 3.49. The zero-order chi connectivity index (χ0) is 19.0. The topological polar surface area (TPSA) is 55.2 Å². The van der Waals surface area contributed by atoms with Crippen LogP contribution in [-0.4, -0.2) is 24.7 Å². The van der Waals surface area contributed by atoms with Gasteiger partial charge in [-0.15, -0.1) is 0 Å². The van der Waals surface area contributed by atoms with Crippen LogP contribution in [0, 0.1) is 13.8 Å². The van der Waals surface area contributed by atoms with Gasteiger partial charge in [0.1, 0.15) is 4.90 Å². The van der Waals surface area contributed by atoms with Crippen molar-refractivity contribution in [2.24, 2.45) is 0 Å². The van der Waals surface area contributed by atoms with Crippen molar-refractivity contribution in [3.63, 3.8) is 0 Å². The summed E-state index contributed by atoms with van der Waals surface area (Å²) in [5.74, 6) is 0. The third-order valence-electron chi connectivity index (χ3n) is 5.16. The molecular formula is C21H23N3O2S. The molecule has 5 nitrogen and oxygen atoms in total. The molecule has 0 aliphatic carbocycles. The second-order valence-electron chi connectivity index (χ2n) is 6.91. The first-order valence-corrected chi connectivity index (χ1v) is 10.6. The van der Waals surface area contributed by atoms with Crippen LogP contribution >= 0.6 is 0 Å². The summed E-state index contributed by atoms with van der Waals surface area (Å²) in [6.07, 6.45) is 1.56. The quantitative estimate of drug-likeness (QED) is 0.680. The zero-order valence-corrected chi connectivity index (χ0v) is 16.4. The summed E-state index contributed by atoms with van der Waals surface area (Å²) in [5, 5.41) is 4.53. The normalized spacial score (nSPS) is 13.8. The Morgan fingerprint density at radius 1 is 1.00 bits per heavy atom. The number of nitrogens with zero attached hydrogens (tertiary/aromatic N) is 3. The van der Waals surface area contributed by atoms with Gasteiger partial charge in [-0.25, -0.2) is 8.42 Å². The fraction of sp³-hybridized carbons (Fsp3) is 0.286. The van der Waals surface area contributed by atoms with Crippen molar-refractivity contribution in [3.05, 3.63) is 77.1 Å². The summed E-state index contributed by atoms with van der Waals surface area (Å²) >= 11 is 0. The van der Waals surface area contributed by atoms with E-state index in [9.17, 15) is 8.42 Å². The molecule has 27 heavy (non-hydrogen) atoms. The fourth-order valence-corrected chi connectivity index (χ4v) is 5.70. The Kier molecular flexibility index (Phi) is 4.52. The molecule has 0 fully saturated rings. The van der Waals surface area contributed by atoms with Gasteiger partial charge in [0.15, 0.2) is 0 Å². The first-order chi connectivity index (χ1) is 13.0. The molecule has 2 aromatic carbocycles. The van der Waals surface area contributed by atoms with Gasteiger partial charge in [-0.05, 0) is 43.9 Å². The van der Waals surface area contributed by atoms with E-state index < -0.39 is 10.0 Å². The van der Waals surface area contributed by atoms with Gasteiger partial charge < -0.3 is 0 Å². The average molecular weight is 382 g/mol. The summed E-state index contributed by atoms with van der Waals surface area (Å²) in [5.41, 5.74) is 4.34. The van der Waals surface area contributed by atoms with Crippen LogP contribution in [0.2, 0.25) is 0 Å². The number of aryl methyl sites for hydroxylation is 3. The summed E-state index contributed by atoms with van der Waals surface area (Å²) in [6.45, 7) is 4.76. The monoisotopic (exact) mass is 381 g/mol. The minimum atomic E-state index is -3.63. The highest BCUT2D eigenvalue weighted by Crippen LogP contribution is 2.34. The number of hydrogen-bond donors (Lipinski definition) is 0. The number of anilines is 1. The second-order valence-corrected chi connectivity index (χ2v) is 8.71. The average Bonchev–Trinajstić information content (AvgIpc) is 3.22. The summed E-state index contributed by atoms with van der Waals surface area (Å²) in [6, 6.07) is 17.9. The highest BCUT2D eigenvalue weighted by molar-refractivity contribution is 7.93. The Morgan fingerprint density at radius 2 is 1.70 bits per heavy atom. The van der Waals surface area contributed by atoms with Crippen molar-refractivity contribution < 1.29 is 8.42 Å². The number of hydrogen-bond acceptors (Lipinski definition) is 3. The van der Waals surface area contributed by atoms with Crippen molar-refractivity contribution in [2.45, 2.75) is 38.1 Å². The van der Waals surface area contributed by atoms with E-state index in [1.54, 1.807) is 6.92 Å². The summed E-state index contributed by atoms with van der Waals surface area (Å²) < 4.78 is 30.1. The lowest BCUT2D eigenvalue weighted by atomic mass is 10.1. The van der Waals surface area contributed by atoms with Crippen molar-refractivity contribution in [3.8, 4) is 0 Å². The molecule has 4 rings (SSSR count). The van der Waals surface area contributed by atoms with Gasteiger partial charge >= 0.3 is 0 Å². The van der Waals surface area contributed by atoms with Gasteiger partial charge in [-0.3, -0.25) is 8.99 Å². The number of fused-ring (bicyclic) bond motifs is 1. The summed E-state index contributed by atoms with van der Waals surface area (Å²) in [4.78, 5) is 0.340. The van der Waals surface area contributed by atoms with Gasteiger partial charge in [-0.2, -0.15) is 5.10 Å². The van der Waals surface area contributed by atoms with Gasteiger partial charge in [0.25, 0.3) is 10.0 Å². The van der Waals surface area contributed by atoms with Crippen molar-refractivity contribution in [1.82, 2.24) is 9.78 Å². The molecule has 0 unspecified atom stereocenters. The molecule has 0 N–H and O–H groups in total. The Bertz CT molecular complexity index is 1070. The van der Waals surface area contributed by atoms with Gasteiger partial charge in [0.2, 0.25) is 0 Å². The van der Waals surface area contributed by atoms with E-state index in [0.717, 1.165) is 24.1 Å². The van der Waals surface area contributed by atoms with E-state index in [0.29, 0.717) is 29.4 Å². The zero-order valence-electron chi connectivity index (χ0n) is 15.6. The van der Waals surface area contributed by atoms with Crippen LogP contribution < -0.4 is 4.31 Å². The van der Waals surface area contributed by atoms with E-state index >= 15 is 0 Å². The Hall–Kier alpha value is -2.60. The molecule has 0 saturated carbocycles. The van der Waals surface area contributed by atoms with Crippen LogP contribution in [0.5, 0.6) is 0 Å². The van der Waals surface area contributed by atoms with Crippen LogP contribution in [0.4, 0.5) is 5.69 Å². The van der Waals surface area contributed by atoms with Crippen LogP contribution in [-0.2, 0) is 29.4 Å². The van der Waals surface area contributed by atoms with Gasteiger partial charge in [0.05, 0.1) is 17.1 Å². The first-order valence-electron chi connectivity index (χ1n) is 9.17. The maximum Gasteiger partial charge on any atom is 0.268 e. The lowest BCUT2D eigenvalue weighted by molar-refractivity contribution is 0.584. The number of rotatable bonds is 5. The first kappa shape index (κ1) is 17.8. The minimum absolute atomic E-state index is 0.340. The SMILES string of the molecule is Cc1nn(CCc2ccccc2)c(C)c1S(=O)(=O)N1CCc2ccccc21. The molecule has 3 aromatic rings. The molecule has 140 valence electrons. The van der Waals surface area contributed by atoms with Crippen LogP contribution in [0.1, 0.15) is 22.5 Å². The molecule has 0 amide bonds. The van der Waals surface area contributed by atoms with E-state index in [1.807, 2.05) is 54.1 Å². The molecule has 1 aliphatic rings. The lowest BCUT2D eigenvalue weighted by Crippen LogP contribution is -2.30. The van der Waals surface area contributed by atoms with Gasteiger partial charge in [0, 0.05) is 13.1 Å². The molecular weight excluding hydrogens is 358 g/mol. The smallest absolute Gasteiger partial charge is 0.268 e. The van der Waals surface area contributed by atoms with E-state index in [4.69, 9.17) is 0 Å². The number of para-hydroxylation sites is 1. The number of sulfonamides is 1. The number of aromatic nitrogens is 2. The second kappa shape index (κ2) is 6.85. The highest BCUT2D eigenvalue weighted by Gasteiger charge is 2.34. The molecule has 0 spiro atoms. The maximum absolute atomic E-state index is 13.4. The molecule has 1 aromatic heterocycles. The molecule has 2 heterocycles. The molecule has 0 radical (unpaired) electrons.